The van der Waals surface area contributed by atoms with Gasteiger partial charge in [-0.25, -0.2) is 0 Å². The van der Waals surface area contributed by atoms with Crippen molar-refractivity contribution in [2.24, 2.45) is 0 Å². The Labute approximate surface area is 87.6 Å². The monoisotopic (exact) mass is 198 g/mol. The molecule has 0 spiro atoms. The maximum absolute atomic E-state index is 9.41. The van der Waals surface area contributed by atoms with Crippen LogP contribution in [0.3, 0.4) is 0 Å². The smallest absolute Gasteiger partial charge is 0.324 e. The van der Waals surface area contributed by atoms with Gasteiger partial charge in [0, 0.05) is 6.08 Å². The molecule has 0 saturated heterocycles. The summed E-state index contributed by atoms with van der Waals surface area (Å²) in [6.45, 7) is 0. The van der Waals surface area contributed by atoms with Crippen molar-refractivity contribution in [3.8, 4) is 0 Å². The van der Waals surface area contributed by atoms with Crippen molar-refractivity contribution in [3.05, 3.63) is 59.7 Å². The molecule has 0 amide bonds. The highest BCUT2D eigenvalue weighted by Crippen LogP contribution is 2.19. The molecule has 1 aliphatic carbocycles. The number of aliphatic hydroxyl groups is 1. The van der Waals surface area contributed by atoms with Gasteiger partial charge in [0.25, 0.3) is 0 Å². The van der Waals surface area contributed by atoms with Crippen molar-refractivity contribution in [3.63, 3.8) is 0 Å². The van der Waals surface area contributed by atoms with Gasteiger partial charge in [0.2, 0.25) is 0 Å². The Balaban J connectivity index is 2.41. The molecule has 0 fully saturated rings. The molecular weight excluding hydrogens is 188 g/mol. The lowest BCUT2D eigenvalue weighted by Gasteiger charge is -2.07. The predicted molar refractivity (Wildman–Crippen MR) is 58.2 cm³/mol. The maximum Gasteiger partial charge on any atom is 0.324 e. The van der Waals surface area contributed by atoms with Crippen LogP contribution in [0.2, 0.25) is 0 Å². The van der Waals surface area contributed by atoms with Gasteiger partial charge in [-0.3, -0.25) is 0 Å². The van der Waals surface area contributed by atoms with E-state index in [-0.39, 0.29) is 5.71 Å². The molecule has 0 heterocycles. The van der Waals surface area contributed by atoms with E-state index < -0.39 is 6.10 Å². The fourth-order valence-electron chi connectivity index (χ4n) is 1.48. The first-order valence-electron chi connectivity index (χ1n) is 4.66. The minimum Gasteiger partial charge on any atom is -0.377 e. The second-order valence-corrected chi connectivity index (χ2v) is 3.29. The maximum atomic E-state index is 9.41. The molecule has 3 nitrogen and oxygen atoms in total. The number of rotatable bonds is 1. The molecule has 1 N–H and O–H groups in total. The summed E-state index contributed by atoms with van der Waals surface area (Å²) in [7, 11) is 0. The van der Waals surface area contributed by atoms with Gasteiger partial charge in [-0.1, -0.05) is 36.4 Å². The van der Waals surface area contributed by atoms with Crippen molar-refractivity contribution in [1.29, 1.82) is 0 Å². The van der Waals surface area contributed by atoms with Crippen molar-refractivity contribution in [2.45, 2.75) is 6.10 Å². The summed E-state index contributed by atoms with van der Waals surface area (Å²) >= 11 is 0. The van der Waals surface area contributed by atoms with Gasteiger partial charge in [-0.2, -0.15) is 4.79 Å². The molecular formula is C12H10N2O. The third-order valence-corrected chi connectivity index (χ3v) is 2.29. The van der Waals surface area contributed by atoms with Gasteiger partial charge in [-0.05, 0) is 17.2 Å². The largest absolute Gasteiger partial charge is 0.377 e. The van der Waals surface area contributed by atoms with Crippen LogP contribution in [0.25, 0.3) is 11.1 Å². The lowest BCUT2D eigenvalue weighted by Crippen LogP contribution is -2.19. The molecule has 0 saturated carbocycles. The summed E-state index contributed by atoms with van der Waals surface area (Å²) in [5.41, 5.74) is 10.9. The van der Waals surface area contributed by atoms with Crippen LogP contribution in [0.15, 0.2) is 48.6 Å². The molecule has 1 atom stereocenters. The third-order valence-electron chi connectivity index (χ3n) is 2.29. The Hall–Kier alpha value is -1.96. The summed E-state index contributed by atoms with van der Waals surface area (Å²) < 4.78 is 0. The molecule has 0 aromatic heterocycles. The van der Waals surface area contributed by atoms with E-state index in [2.05, 4.69) is 4.79 Å². The zero-order valence-electron chi connectivity index (χ0n) is 8.04. The Morgan fingerprint density at radius 2 is 1.93 bits per heavy atom. The molecule has 15 heavy (non-hydrogen) atoms. The summed E-state index contributed by atoms with van der Waals surface area (Å²) in [6, 6.07) is 9.73. The van der Waals surface area contributed by atoms with Crippen LogP contribution in [0.1, 0.15) is 5.56 Å². The SMILES string of the molecule is [N-]=[N+]=C1C=C(c2ccccc2)C=CC1O. The molecule has 1 unspecified atom stereocenters. The van der Waals surface area contributed by atoms with Gasteiger partial charge < -0.3 is 10.6 Å². The van der Waals surface area contributed by atoms with E-state index in [9.17, 15) is 5.11 Å². The standard InChI is InChI=1S/C12H10N2O/c13-14-11-8-10(6-7-12(11)15)9-4-2-1-3-5-9/h1-8,12,15H. The number of hydrogen-bond acceptors (Lipinski definition) is 1. The van der Waals surface area contributed by atoms with Crippen LogP contribution in [0, 0.1) is 0 Å². The lowest BCUT2D eigenvalue weighted by molar-refractivity contribution is -0.0150. The average Bonchev–Trinajstić information content (AvgIpc) is 2.31. The predicted octanol–water partition coefficient (Wildman–Crippen LogP) is 1.67. The second kappa shape index (κ2) is 4.05. The minimum atomic E-state index is -0.817. The van der Waals surface area contributed by atoms with Gasteiger partial charge in [-0.15, -0.1) is 0 Å². The van der Waals surface area contributed by atoms with E-state index in [1.165, 1.54) is 0 Å². The van der Waals surface area contributed by atoms with Crippen molar-refractivity contribution in [1.82, 2.24) is 0 Å². The van der Waals surface area contributed by atoms with Crippen LogP contribution in [-0.4, -0.2) is 21.7 Å². The summed E-state index contributed by atoms with van der Waals surface area (Å²) in [5, 5.41) is 9.41. The molecule has 0 radical (unpaired) electrons. The minimum absolute atomic E-state index is 0.261. The van der Waals surface area contributed by atoms with E-state index in [0.29, 0.717) is 0 Å². The van der Waals surface area contributed by atoms with E-state index in [1.807, 2.05) is 36.4 Å². The molecule has 2 rings (SSSR count). The van der Waals surface area contributed by atoms with Crippen LogP contribution in [0.4, 0.5) is 0 Å². The Bertz CT molecular complexity index is 468. The highest BCUT2D eigenvalue weighted by molar-refractivity contribution is 6.04. The third kappa shape index (κ3) is 1.94. The quantitative estimate of drug-likeness (QED) is 0.541. The Morgan fingerprint density at radius 3 is 2.60 bits per heavy atom. The van der Waals surface area contributed by atoms with Crippen LogP contribution >= 0.6 is 0 Å². The topological polar surface area (TPSA) is 56.6 Å². The molecule has 0 bridgehead atoms. The van der Waals surface area contributed by atoms with E-state index in [4.69, 9.17) is 5.53 Å². The number of nitrogens with zero attached hydrogens (tertiary/aromatic N) is 2. The van der Waals surface area contributed by atoms with E-state index in [0.717, 1.165) is 11.1 Å². The average molecular weight is 198 g/mol. The van der Waals surface area contributed by atoms with E-state index in [1.54, 1.807) is 12.2 Å². The van der Waals surface area contributed by atoms with Crippen molar-refractivity contribution in [2.75, 3.05) is 0 Å². The molecule has 0 aliphatic heterocycles. The Morgan fingerprint density at radius 1 is 1.20 bits per heavy atom. The number of benzene rings is 1. The normalized spacial score (nSPS) is 19.7. The van der Waals surface area contributed by atoms with Gasteiger partial charge in [0.15, 0.2) is 6.10 Å². The van der Waals surface area contributed by atoms with Gasteiger partial charge in [0.1, 0.15) is 0 Å². The van der Waals surface area contributed by atoms with Crippen LogP contribution in [-0.2, 0) is 0 Å². The van der Waals surface area contributed by atoms with Gasteiger partial charge >= 0.3 is 5.71 Å². The fraction of sp³-hybridized carbons (Fsp3) is 0.0833. The fourth-order valence-corrected chi connectivity index (χ4v) is 1.48. The molecule has 74 valence electrons. The number of aliphatic hydroxyl groups excluding tert-OH is 1. The summed E-state index contributed by atoms with van der Waals surface area (Å²) in [4.78, 5) is 3.04. The first-order valence-corrected chi connectivity index (χ1v) is 4.66. The highest BCUT2D eigenvalue weighted by atomic mass is 16.3. The first kappa shape index (κ1) is 9.59. The zero-order valence-corrected chi connectivity index (χ0v) is 8.04. The number of hydrogen-bond donors (Lipinski definition) is 1. The lowest BCUT2D eigenvalue weighted by atomic mass is 9.97. The number of allylic oxidation sites excluding steroid dienone is 2. The Kier molecular flexibility index (Phi) is 2.59. The van der Waals surface area contributed by atoms with Crippen LogP contribution < -0.4 is 0 Å². The molecule has 1 aromatic carbocycles. The zero-order chi connectivity index (χ0) is 10.7. The molecule has 1 aliphatic rings. The van der Waals surface area contributed by atoms with Crippen molar-refractivity contribution < 1.29 is 9.90 Å². The summed E-state index contributed by atoms with van der Waals surface area (Å²) in [5.74, 6) is 0. The van der Waals surface area contributed by atoms with E-state index >= 15 is 0 Å². The first-order chi connectivity index (χ1) is 7.31. The molecule has 3 heteroatoms. The van der Waals surface area contributed by atoms with Crippen molar-refractivity contribution >= 4 is 11.3 Å². The van der Waals surface area contributed by atoms with Crippen LogP contribution in [0.5, 0.6) is 0 Å². The second-order valence-electron chi connectivity index (χ2n) is 3.29. The summed E-state index contributed by atoms with van der Waals surface area (Å²) in [6.07, 6.45) is 4.26. The highest BCUT2D eigenvalue weighted by Gasteiger charge is 2.19. The molecule has 1 aromatic rings. The van der Waals surface area contributed by atoms with Gasteiger partial charge in [0.05, 0.1) is 0 Å².